The average molecular weight is 329 g/mol. The highest BCUT2D eigenvalue weighted by Gasteiger charge is 2.33. The third kappa shape index (κ3) is 2.70. The number of nitrogen functional groups attached to an aromatic ring is 1. The van der Waals surface area contributed by atoms with Crippen LogP contribution in [0.2, 0.25) is 5.02 Å². The lowest BCUT2D eigenvalue weighted by Crippen LogP contribution is -2.15. The fraction of sp³-hybridized carbons (Fsp3) is 0.312. The highest BCUT2D eigenvalue weighted by molar-refractivity contribution is 6.30. The van der Waals surface area contributed by atoms with Gasteiger partial charge in [0, 0.05) is 12.1 Å². The first-order valence-corrected chi connectivity index (χ1v) is 7.97. The Balaban J connectivity index is 1.69. The zero-order chi connectivity index (χ0) is 16.0. The second kappa shape index (κ2) is 5.38. The first kappa shape index (κ1) is 14.3. The van der Waals surface area contributed by atoms with Crippen molar-refractivity contribution in [1.82, 2.24) is 19.7 Å². The minimum Gasteiger partial charge on any atom is -0.383 e. The quantitative estimate of drug-likeness (QED) is 0.768. The first-order valence-electron chi connectivity index (χ1n) is 7.59. The van der Waals surface area contributed by atoms with Crippen molar-refractivity contribution in [3.8, 4) is 0 Å². The van der Waals surface area contributed by atoms with Crippen LogP contribution in [0.4, 0.5) is 11.8 Å². The largest absolute Gasteiger partial charge is 0.383 e. The molecule has 0 amide bonds. The Hall–Kier alpha value is -2.34. The summed E-state index contributed by atoms with van der Waals surface area (Å²) in [5, 5.41) is 9.13. The first-order chi connectivity index (χ1) is 11.1. The van der Waals surface area contributed by atoms with Gasteiger partial charge >= 0.3 is 0 Å². The zero-order valence-corrected chi connectivity index (χ0v) is 13.5. The van der Waals surface area contributed by atoms with Gasteiger partial charge in [0.05, 0.1) is 17.6 Å². The van der Waals surface area contributed by atoms with E-state index in [2.05, 4.69) is 20.4 Å². The summed E-state index contributed by atoms with van der Waals surface area (Å²) < 4.78 is 1.70. The molecule has 2 heterocycles. The van der Waals surface area contributed by atoms with Crippen molar-refractivity contribution in [3.05, 3.63) is 41.0 Å². The van der Waals surface area contributed by atoms with E-state index in [1.807, 2.05) is 31.3 Å². The van der Waals surface area contributed by atoms with Crippen molar-refractivity contribution >= 4 is 34.4 Å². The molecule has 0 saturated heterocycles. The summed E-state index contributed by atoms with van der Waals surface area (Å²) in [5.74, 6) is 1.56. The van der Waals surface area contributed by atoms with Crippen LogP contribution >= 0.6 is 11.6 Å². The molecule has 4 rings (SSSR count). The van der Waals surface area contributed by atoms with Crippen molar-refractivity contribution in [2.24, 2.45) is 13.0 Å². The topological polar surface area (TPSA) is 81.7 Å². The molecule has 1 saturated carbocycles. The van der Waals surface area contributed by atoms with Crippen LogP contribution in [0.3, 0.4) is 0 Å². The van der Waals surface area contributed by atoms with E-state index < -0.39 is 0 Å². The van der Waals surface area contributed by atoms with Gasteiger partial charge in [-0.1, -0.05) is 23.7 Å². The maximum atomic E-state index is 6.03. The van der Waals surface area contributed by atoms with E-state index in [4.69, 9.17) is 17.3 Å². The summed E-state index contributed by atoms with van der Waals surface area (Å²) in [6.45, 7) is 0. The van der Waals surface area contributed by atoms with Crippen molar-refractivity contribution in [2.75, 3.05) is 11.1 Å². The van der Waals surface area contributed by atoms with Crippen LogP contribution in [0.15, 0.2) is 30.5 Å². The maximum absolute atomic E-state index is 6.03. The molecule has 118 valence electrons. The van der Waals surface area contributed by atoms with E-state index in [0.29, 0.717) is 17.7 Å². The van der Waals surface area contributed by atoms with Gasteiger partial charge in [-0.2, -0.15) is 15.1 Å². The van der Waals surface area contributed by atoms with Crippen molar-refractivity contribution in [3.63, 3.8) is 0 Å². The van der Waals surface area contributed by atoms with Crippen LogP contribution in [0.5, 0.6) is 0 Å². The molecule has 1 unspecified atom stereocenters. The molecule has 1 atom stereocenters. The molecule has 6 nitrogen and oxygen atoms in total. The third-order valence-corrected chi connectivity index (χ3v) is 4.48. The van der Waals surface area contributed by atoms with E-state index in [-0.39, 0.29) is 6.04 Å². The molecule has 1 aliphatic carbocycles. The number of rotatable bonds is 4. The number of hydrogen-bond acceptors (Lipinski definition) is 5. The number of benzene rings is 1. The van der Waals surface area contributed by atoms with E-state index in [1.165, 1.54) is 18.4 Å². The Bertz CT molecular complexity index is 853. The summed E-state index contributed by atoms with van der Waals surface area (Å²) in [6, 6.07) is 8.08. The van der Waals surface area contributed by atoms with Crippen LogP contribution in [0.1, 0.15) is 24.4 Å². The van der Waals surface area contributed by atoms with E-state index >= 15 is 0 Å². The molecule has 1 aromatic carbocycles. The van der Waals surface area contributed by atoms with Gasteiger partial charge in [0.25, 0.3) is 0 Å². The van der Waals surface area contributed by atoms with Gasteiger partial charge in [-0.05, 0) is 36.5 Å². The van der Waals surface area contributed by atoms with Gasteiger partial charge in [0.15, 0.2) is 5.65 Å². The Morgan fingerprint density at radius 3 is 2.70 bits per heavy atom. The summed E-state index contributed by atoms with van der Waals surface area (Å²) in [6.07, 6.45) is 4.08. The number of halogens is 1. The molecule has 3 N–H and O–H groups in total. The summed E-state index contributed by atoms with van der Waals surface area (Å²) in [4.78, 5) is 8.94. The number of nitrogens with one attached hydrogen (secondary N) is 1. The van der Waals surface area contributed by atoms with Crippen molar-refractivity contribution in [2.45, 2.75) is 18.9 Å². The van der Waals surface area contributed by atoms with Crippen molar-refractivity contribution < 1.29 is 0 Å². The average Bonchev–Trinajstić information content (AvgIpc) is 3.30. The molecule has 0 aliphatic heterocycles. The summed E-state index contributed by atoms with van der Waals surface area (Å²) >= 11 is 5.99. The van der Waals surface area contributed by atoms with Gasteiger partial charge in [-0.25, -0.2) is 0 Å². The highest BCUT2D eigenvalue weighted by Crippen LogP contribution is 2.42. The van der Waals surface area contributed by atoms with Gasteiger partial charge in [-0.15, -0.1) is 0 Å². The molecule has 2 aromatic heterocycles. The lowest BCUT2D eigenvalue weighted by atomic mass is 10.0. The van der Waals surface area contributed by atoms with E-state index in [0.717, 1.165) is 16.1 Å². The lowest BCUT2D eigenvalue weighted by Gasteiger charge is -2.19. The predicted octanol–water partition coefficient (Wildman–Crippen LogP) is 3.16. The number of fused-ring (bicyclic) bond motifs is 1. The Labute approximate surface area is 138 Å². The molecule has 0 spiro atoms. The number of aromatic nitrogens is 4. The summed E-state index contributed by atoms with van der Waals surface area (Å²) in [7, 11) is 1.84. The van der Waals surface area contributed by atoms with Crippen LogP contribution in [-0.4, -0.2) is 19.7 Å². The number of nitrogens with two attached hydrogens (primary N) is 1. The minimum atomic E-state index is 0.164. The molecule has 0 bridgehead atoms. The van der Waals surface area contributed by atoms with Gasteiger partial charge in [-0.3, -0.25) is 4.68 Å². The van der Waals surface area contributed by atoms with Gasteiger partial charge in [0.1, 0.15) is 5.82 Å². The monoisotopic (exact) mass is 328 g/mol. The van der Waals surface area contributed by atoms with Crippen molar-refractivity contribution in [1.29, 1.82) is 0 Å². The van der Waals surface area contributed by atoms with E-state index in [1.54, 1.807) is 10.9 Å². The fourth-order valence-corrected chi connectivity index (χ4v) is 2.95. The molecule has 1 aliphatic rings. The predicted molar refractivity (Wildman–Crippen MR) is 91.3 cm³/mol. The molecular weight excluding hydrogens is 312 g/mol. The van der Waals surface area contributed by atoms with Crippen LogP contribution < -0.4 is 11.1 Å². The van der Waals surface area contributed by atoms with Gasteiger partial charge < -0.3 is 11.1 Å². The zero-order valence-electron chi connectivity index (χ0n) is 12.7. The van der Waals surface area contributed by atoms with Crippen LogP contribution in [0, 0.1) is 5.92 Å². The van der Waals surface area contributed by atoms with E-state index in [9.17, 15) is 0 Å². The smallest absolute Gasteiger partial charge is 0.227 e. The Morgan fingerprint density at radius 2 is 2.00 bits per heavy atom. The highest BCUT2D eigenvalue weighted by atomic mass is 35.5. The molecule has 23 heavy (non-hydrogen) atoms. The molecule has 3 aromatic rings. The maximum Gasteiger partial charge on any atom is 0.227 e. The number of aryl methyl sites for hydroxylation is 1. The minimum absolute atomic E-state index is 0.164. The molecule has 0 radical (unpaired) electrons. The normalized spacial score (nSPS) is 15.7. The summed E-state index contributed by atoms with van der Waals surface area (Å²) in [5.41, 5.74) is 7.95. The van der Waals surface area contributed by atoms with Gasteiger partial charge in [0.2, 0.25) is 5.95 Å². The number of anilines is 2. The second-order valence-electron chi connectivity index (χ2n) is 5.95. The van der Waals surface area contributed by atoms with Crippen LogP contribution in [-0.2, 0) is 7.05 Å². The molecule has 7 heteroatoms. The molecule has 1 fully saturated rings. The SMILES string of the molecule is Cn1ncc2c(N)nc(NC(c3ccc(Cl)cc3)C3CC3)nc21. The standard InChI is InChI=1S/C16H17ClN6/c1-23-15-12(8-19-23)14(18)21-16(22-15)20-13(9-2-3-9)10-4-6-11(17)7-5-10/h4-9,13H,2-3H2,1H3,(H3,18,20,21,22). The third-order valence-electron chi connectivity index (χ3n) is 4.23. The number of hydrogen-bond donors (Lipinski definition) is 2. The Morgan fingerprint density at radius 1 is 1.26 bits per heavy atom. The number of nitrogens with zero attached hydrogens (tertiary/aromatic N) is 4. The fourth-order valence-electron chi connectivity index (χ4n) is 2.82. The van der Waals surface area contributed by atoms with Crippen LogP contribution in [0.25, 0.3) is 11.0 Å². The molecular formula is C16H17ClN6. The Kier molecular flexibility index (Phi) is 3.34. The second-order valence-corrected chi connectivity index (χ2v) is 6.39. The lowest BCUT2D eigenvalue weighted by molar-refractivity contribution is 0.671.